The molecule has 1 heterocycles. The van der Waals surface area contributed by atoms with Crippen LogP contribution in [-0.4, -0.2) is 49.2 Å². The Balaban J connectivity index is 2.43. The maximum atomic E-state index is 12.0. The third-order valence-corrected chi connectivity index (χ3v) is 4.19. The smallest absolute Gasteiger partial charge is 0.337 e. The van der Waals surface area contributed by atoms with E-state index in [0.29, 0.717) is 24.6 Å². The quantitative estimate of drug-likeness (QED) is 0.566. The molecule has 3 N–H and O–H groups in total. The topological polar surface area (TPSA) is 167 Å². The predicted octanol–water partition coefficient (Wildman–Crippen LogP) is 2.01. The molecule has 0 fully saturated rings. The van der Waals surface area contributed by atoms with E-state index in [4.69, 9.17) is 25.7 Å². The Labute approximate surface area is 179 Å². The molecule has 160 valence electrons. The largest absolute Gasteiger partial charge is 0.465 e. The molecule has 0 saturated heterocycles. The summed E-state index contributed by atoms with van der Waals surface area (Å²) in [5.74, 6) is -0.685. The maximum Gasteiger partial charge on any atom is 0.337 e. The lowest BCUT2D eigenvalue weighted by atomic mass is 10.1. The number of hydrogen-bond donors (Lipinski definition) is 2. The highest BCUT2D eigenvalue weighted by Gasteiger charge is 2.18. The summed E-state index contributed by atoms with van der Waals surface area (Å²) in [4.78, 5) is 34.0. The lowest BCUT2D eigenvalue weighted by molar-refractivity contribution is 0.0599. The zero-order valence-electron chi connectivity index (χ0n) is 17.1. The number of esters is 2. The molecule has 11 nitrogen and oxygen atoms in total. The number of carbonyl (C=O) groups excluding carboxylic acids is 2. The highest BCUT2D eigenvalue weighted by atomic mass is 16.5. The molecule has 0 atom stereocenters. The van der Waals surface area contributed by atoms with Crippen molar-refractivity contribution in [2.45, 2.75) is 12.8 Å². The second-order valence-electron chi connectivity index (χ2n) is 6.17. The first kappa shape index (κ1) is 22.9. The van der Waals surface area contributed by atoms with Gasteiger partial charge in [0.2, 0.25) is 0 Å². The van der Waals surface area contributed by atoms with Crippen molar-refractivity contribution in [3.05, 3.63) is 35.7 Å². The minimum Gasteiger partial charge on any atom is -0.465 e. The van der Waals surface area contributed by atoms with Gasteiger partial charge >= 0.3 is 11.9 Å². The summed E-state index contributed by atoms with van der Waals surface area (Å²) in [7, 11) is 2.46. The molecule has 0 bridgehead atoms. The number of nitrogens with two attached hydrogens (primary N) is 1. The summed E-state index contributed by atoms with van der Waals surface area (Å²) in [5, 5.41) is 20.8. The number of ether oxygens (including phenoxy) is 2. The van der Waals surface area contributed by atoms with Crippen molar-refractivity contribution in [1.29, 1.82) is 10.5 Å². The van der Waals surface area contributed by atoms with Gasteiger partial charge in [-0.15, -0.1) is 0 Å². The number of nitrogens with zero attached hydrogens (tertiary/aromatic N) is 5. The van der Waals surface area contributed by atoms with Crippen LogP contribution in [0.1, 0.15) is 33.6 Å². The number of anilines is 4. The van der Waals surface area contributed by atoms with Crippen molar-refractivity contribution < 1.29 is 19.1 Å². The van der Waals surface area contributed by atoms with Gasteiger partial charge in [0.05, 0.1) is 50.3 Å². The van der Waals surface area contributed by atoms with Gasteiger partial charge in [-0.3, -0.25) is 0 Å². The van der Waals surface area contributed by atoms with Crippen LogP contribution in [0.25, 0.3) is 0 Å². The third kappa shape index (κ3) is 5.81. The van der Waals surface area contributed by atoms with Gasteiger partial charge in [-0.2, -0.15) is 10.5 Å². The van der Waals surface area contributed by atoms with Crippen molar-refractivity contribution in [3.8, 4) is 12.1 Å². The Kier molecular flexibility index (Phi) is 8.11. The summed E-state index contributed by atoms with van der Waals surface area (Å²) >= 11 is 0. The molecule has 2 rings (SSSR count). The number of aromatic nitrogens is 2. The fourth-order valence-electron chi connectivity index (χ4n) is 2.74. The van der Waals surface area contributed by atoms with E-state index in [-0.39, 0.29) is 35.5 Å². The first-order valence-electron chi connectivity index (χ1n) is 9.13. The maximum absolute atomic E-state index is 12.0. The fourth-order valence-corrected chi connectivity index (χ4v) is 2.74. The number of nitrogen functional groups attached to an aromatic ring is 1. The Morgan fingerprint density at radius 2 is 1.58 bits per heavy atom. The number of nitrogens with one attached hydrogen (secondary N) is 1. The van der Waals surface area contributed by atoms with Crippen LogP contribution in [0.5, 0.6) is 0 Å². The second-order valence-corrected chi connectivity index (χ2v) is 6.17. The van der Waals surface area contributed by atoms with Gasteiger partial charge in [0, 0.05) is 18.8 Å². The van der Waals surface area contributed by atoms with Gasteiger partial charge in [-0.25, -0.2) is 19.6 Å². The Bertz CT molecular complexity index is 991. The lowest BCUT2D eigenvalue weighted by Crippen LogP contribution is -2.27. The third-order valence-electron chi connectivity index (χ3n) is 4.19. The van der Waals surface area contributed by atoms with Gasteiger partial charge in [0.25, 0.3) is 0 Å². The molecular formula is C20H21N7O4. The zero-order valence-corrected chi connectivity index (χ0v) is 17.1. The minimum atomic E-state index is -0.635. The number of benzene rings is 1. The van der Waals surface area contributed by atoms with Gasteiger partial charge in [-0.05, 0) is 18.2 Å². The highest BCUT2D eigenvalue weighted by molar-refractivity contribution is 5.97. The monoisotopic (exact) mass is 423 g/mol. The van der Waals surface area contributed by atoms with E-state index < -0.39 is 11.9 Å². The number of nitriles is 2. The SMILES string of the molecule is COC(=O)c1cc(Nc2ncnc(N(CCC#N)CCC#N)c2N)cc(C(=O)OC)c1. The summed E-state index contributed by atoms with van der Waals surface area (Å²) in [6.07, 6.45) is 1.73. The van der Waals surface area contributed by atoms with E-state index in [1.54, 1.807) is 4.90 Å². The van der Waals surface area contributed by atoms with E-state index in [2.05, 4.69) is 27.4 Å². The summed E-state index contributed by atoms with van der Waals surface area (Å²) in [6.45, 7) is 0.673. The molecule has 1 aromatic carbocycles. The first-order chi connectivity index (χ1) is 14.9. The zero-order chi connectivity index (χ0) is 22.8. The lowest BCUT2D eigenvalue weighted by Gasteiger charge is -2.23. The van der Waals surface area contributed by atoms with E-state index in [1.165, 1.54) is 38.7 Å². The minimum absolute atomic E-state index is 0.130. The second kappa shape index (κ2) is 11.0. The predicted molar refractivity (Wildman–Crippen MR) is 112 cm³/mol. The first-order valence-corrected chi connectivity index (χ1v) is 9.13. The summed E-state index contributed by atoms with van der Waals surface area (Å²) in [5.41, 5.74) is 7.03. The average molecular weight is 423 g/mol. The van der Waals surface area contributed by atoms with Crippen LogP contribution in [0.4, 0.5) is 23.0 Å². The average Bonchev–Trinajstić information content (AvgIpc) is 2.79. The molecule has 0 spiro atoms. The van der Waals surface area contributed by atoms with E-state index >= 15 is 0 Å². The number of methoxy groups -OCH3 is 2. The van der Waals surface area contributed by atoms with E-state index in [1.807, 2.05) is 0 Å². The molecule has 0 radical (unpaired) electrons. The number of carbonyl (C=O) groups is 2. The van der Waals surface area contributed by atoms with Gasteiger partial charge < -0.3 is 25.4 Å². The molecule has 0 saturated carbocycles. The summed E-state index contributed by atoms with van der Waals surface area (Å²) < 4.78 is 9.46. The molecule has 0 aliphatic carbocycles. The van der Waals surface area contributed by atoms with Crippen LogP contribution in [0, 0.1) is 22.7 Å². The van der Waals surface area contributed by atoms with Gasteiger partial charge in [0.1, 0.15) is 12.0 Å². The molecule has 0 aliphatic rings. The van der Waals surface area contributed by atoms with E-state index in [9.17, 15) is 9.59 Å². The number of hydrogen-bond acceptors (Lipinski definition) is 11. The van der Waals surface area contributed by atoms with Crippen molar-refractivity contribution >= 4 is 34.9 Å². The van der Waals surface area contributed by atoms with Crippen molar-refractivity contribution in [2.24, 2.45) is 0 Å². The molecule has 1 aromatic heterocycles. The van der Waals surface area contributed by atoms with Crippen LogP contribution in [0.3, 0.4) is 0 Å². The van der Waals surface area contributed by atoms with Crippen LogP contribution >= 0.6 is 0 Å². The fraction of sp³-hybridized carbons (Fsp3) is 0.300. The normalized spacial score (nSPS) is 9.81. The van der Waals surface area contributed by atoms with Crippen LogP contribution in [0.2, 0.25) is 0 Å². The molecule has 0 amide bonds. The van der Waals surface area contributed by atoms with Gasteiger partial charge in [-0.1, -0.05) is 0 Å². The number of rotatable bonds is 9. The van der Waals surface area contributed by atoms with Crippen molar-refractivity contribution in [1.82, 2.24) is 9.97 Å². The van der Waals surface area contributed by atoms with Crippen molar-refractivity contribution in [3.63, 3.8) is 0 Å². The Morgan fingerprint density at radius 1 is 1.03 bits per heavy atom. The van der Waals surface area contributed by atoms with E-state index in [0.717, 1.165) is 0 Å². The molecule has 0 unspecified atom stereocenters. The molecule has 31 heavy (non-hydrogen) atoms. The summed E-state index contributed by atoms with van der Waals surface area (Å²) in [6, 6.07) is 8.40. The standard InChI is InChI=1S/C20H21N7O4/c1-30-19(28)13-9-14(20(29)31-2)11-15(10-13)26-17-16(23)18(25-12-24-17)27(7-3-5-21)8-4-6-22/h9-12H,3-4,7-8,23H2,1-2H3,(H,24,25,26). The van der Waals surface area contributed by atoms with Crippen LogP contribution in [0.15, 0.2) is 24.5 Å². The molecule has 2 aromatic rings. The molecular weight excluding hydrogens is 402 g/mol. The van der Waals surface area contributed by atoms with Crippen molar-refractivity contribution in [2.75, 3.05) is 43.3 Å². The molecule has 0 aliphatic heterocycles. The molecule has 11 heteroatoms. The van der Waals surface area contributed by atoms with Crippen LogP contribution < -0.4 is 16.0 Å². The van der Waals surface area contributed by atoms with Crippen LogP contribution in [-0.2, 0) is 9.47 Å². The Hall–Kier alpha value is -4.38. The van der Waals surface area contributed by atoms with Gasteiger partial charge in [0.15, 0.2) is 11.6 Å². The highest BCUT2D eigenvalue weighted by Crippen LogP contribution is 2.29. The Morgan fingerprint density at radius 3 is 2.06 bits per heavy atom.